The number of methoxy groups -OCH3 is 1. The largest absolute Gasteiger partial charge is 0.497 e. The topological polar surface area (TPSA) is 136 Å². The number of nitrogens with zero attached hydrogens (tertiary/aromatic N) is 1. The maximum absolute atomic E-state index is 12.6. The Morgan fingerprint density at radius 1 is 0.939 bits per heavy atom. The molecule has 0 atom stereocenters. The lowest BCUT2D eigenvalue weighted by molar-refractivity contribution is 0.102. The van der Waals surface area contributed by atoms with Crippen LogP contribution in [-0.4, -0.2) is 31.6 Å². The standard InChI is InChI=1S/C23H20N4O5S/c1-31-19-4-2-3-15(13-19)21-14-22(27-26-21)23(28)25-16-5-7-17(8-6-16)32-18-9-11-20(12-10-18)33(24,29)30/h2-14H,1H3,(H,25,28)(H,26,27)(H2,24,29,30). The van der Waals surface area contributed by atoms with Gasteiger partial charge in [0.2, 0.25) is 10.0 Å². The Bertz CT molecular complexity index is 1380. The molecule has 1 amide bonds. The summed E-state index contributed by atoms with van der Waals surface area (Å²) in [6.45, 7) is 0. The molecule has 10 heteroatoms. The normalized spacial score (nSPS) is 11.1. The SMILES string of the molecule is COc1cccc(-c2cc(C(=O)Nc3ccc(Oc4ccc(S(N)(=O)=O)cc4)cc3)[nH]n2)c1. The zero-order valence-electron chi connectivity index (χ0n) is 17.5. The van der Waals surface area contributed by atoms with Crippen molar-refractivity contribution in [3.05, 3.63) is 84.6 Å². The number of H-pyrrole nitrogens is 1. The van der Waals surface area contributed by atoms with Crippen molar-refractivity contribution in [2.75, 3.05) is 12.4 Å². The van der Waals surface area contributed by atoms with Gasteiger partial charge in [-0.2, -0.15) is 5.10 Å². The number of amides is 1. The summed E-state index contributed by atoms with van der Waals surface area (Å²) >= 11 is 0. The molecule has 0 radical (unpaired) electrons. The van der Waals surface area contributed by atoms with Gasteiger partial charge >= 0.3 is 0 Å². The first-order valence-electron chi connectivity index (χ1n) is 9.74. The van der Waals surface area contributed by atoms with Gasteiger partial charge in [-0.25, -0.2) is 13.6 Å². The van der Waals surface area contributed by atoms with Gasteiger partial charge in [0.15, 0.2) is 0 Å². The van der Waals surface area contributed by atoms with Gasteiger partial charge in [0, 0.05) is 11.3 Å². The van der Waals surface area contributed by atoms with Gasteiger partial charge in [-0.05, 0) is 66.7 Å². The lowest BCUT2D eigenvalue weighted by atomic mass is 10.1. The maximum atomic E-state index is 12.6. The second-order valence-corrected chi connectivity index (χ2v) is 8.56. The number of carbonyl (C=O) groups is 1. The number of aromatic nitrogens is 2. The van der Waals surface area contributed by atoms with E-state index in [-0.39, 0.29) is 10.8 Å². The van der Waals surface area contributed by atoms with Crippen LogP contribution in [0.15, 0.2) is 83.8 Å². The van der Waals surface area contributed by atoms with Crippen LogP contribution in [0.2, 0.25) is 0 Å². The number of sulfonamides is 1. The molecule has 1 aromatic heterocycles. The third-order valence-electron chi connectivity index (χ3n) is 4.69. The minimum absolute atomic E-state index is 0.00118. The highest BCUT2D eigenvalue weighted by atomic mass is 32.2. The molecular weight excluding hydrogens is 444 g/mol. The third kappa shape index (κ3) is 5.37. The average Bonchev–Trinajstić information content (AvgIpc) is 3.31. The van der Waals surface area contributed by atoms with E-state index < -0.39 is 10.0 Å². The van der Waals surface area contributed by atoms with E-state index in [2.05, 4.69) is 15.5 Å². The molecular formula is C23H20N4O5S. The fourth-order valence-electron chi connectivity index (χ4n) is 3.01. The molecule has 4 aromatic rings. The third-order valence-corrected chi connectivity index (χ3v) is 5.62. The maximum Gasteiger partial charge on any atom is 0.273 e. The van der Waals surface area contributed by atoms with E-state index >= 15 is 0 Å². The molecule has 168 valence electrons. The number of ether oxygens (including phenoxy) is 2. The minimum atomic E-state index is -3.76. The number of nitrogens with two attached hydrogens (primary N) is 1. The van der Waals surface area contributed by atoms with Crippen LogP contribution in [0.5, 0.6) is 17.2 Å². The smallest absolute Gasteiger partial charge is 0.273 e. The number of anilines is 1. The van der Waals surface area contributed by atoms with Crippen molar-refractivity contribution >= 4 is 21.6 Å². The van der Waals surface area contributed by atoms with Crippen LogP contribution in [0.4, 0.5) is 5.69 Å². The first-order chi connectivity index (χ1) is 15.8. The number of hydrogen-bond acceptors (Lipinski definition) is 6. The molecule has 0 bridgehead atoms. The molecule has 3 aromatic carbocycles. The van der Waals surface area contributed by atoms with Crippen LogP contribution < -0.4 is 19.9 Å². The van der Waals surface area contributed by atoms with Crippen molar-refractivity contribution in [1.82, 2.24) is 10.2 Å². The lowest BCUT2D eigenvalue weighted by Gasteiger charge is -2.08. The van der Waals surface area contributed by atoms with E-state index in [4.69, 9.17) is 14.6 Å². The molecule has 0 aliphatic carbocycles. The van der Waals surface area contributed by atoms with Gasteiger partial charge in [0.1, 0.15) is 22.9 Å². The summed E-state index contributed by atoms with van der Waals surface area (Å²) in [7, 11) is -2.17. The van der Waals surface area contributed by atoms with E-state index in [0.29, 0.717) is 34.3 Å². The Morgan fingerprint density at radius 2 is 1.61 bits per heavy atom. The molecule has 4 rings (SSSR count). The molecule has 1 heterocycles. The van der Waals surface area contributed by atoms with E-state index in [0.717, 1.165) is 5.56 Å². The number of primary sulfonamides is 1. The monoisotopic (exact) mass is 464 g/mol. The van der Waals surface area contributed by atoms with Crippen LogP contribution in [0.3, 0.4) is 0 Å². The number of carbonyl (C=O) groups excluding carboxylic acids is 1. The fourth-order valence-corrected chi connectivity index (χ4v) is 3.52. The molecule has 0 aliphatic heterocycles. The second kappa shape index (κ2) is 9.15. The Balaban J connectivity index is 1.40. The average molecular weight is 465 g/mol. The molecule has 33 heavy (non-hydrogen) atoms. The van der Waals surface area contributed by atoms with Gasteiger partial charge in [-0.15, -0.1) is 0 Å². The number of benzene rings is 3. The number of aromatic amines is 1. The first kappa shape index (κ1) is 22.1. The van der Waals surface area contributed by atoms with Crippen LogP contribution in [0.1, 0.15) is 10.5 Å². The zero-order chi connectivity index (χ0) is 23.4. The van der Waals surface area contributed by atoms with Crippen molar-refractivity contribution in [2.24, 2.45) is 5.14 Å². The molecule has 9 nitrogen and oxygen atoms in total. The summed E-state index contributed by atoms with van der Waals surface area (Å²) in [5.74, 6) is 1.31. The molecule has 0 saturated heterocycles. The van der Waals surface area contributed by atoms with E-state index in [1.165, 1.54) is 24.3 Å². The van der Waals surface area contributed by atoms with Crippen LogP contribution in [0, 0.1) is 0 Å². The highest BCUT2D eigenvalue weighted by molar-refractivity contribution is 7.89. The first-order valence-corrected chi connectivity index (χ1v) is 11.3. The highest BCUT2D eigenvalue weighted by Crippen LogP contribution is 2.25. The Labute approximate surface area is 190 Å². The Kier molecular flexibility index (Phi) is 6.11. The van der Waals surface area contributed by atoms with Crippen LogP contribution in [0.25, 0.3) is 11.3 Å². The van der Waals surface area contributed by atoms with Gasteiger partial charge in [0.25, 0.3) is 5.91 Å². The van der Waals surface area contributed by atoms with Gasteiger partial charge in [-0.1, -0.05) is 12.1 Å². The molecule has 0 aliphatic rings. The summed E-state index contributed by atoms with van der Waals surface area (Å²) in [5.41, 5.74) is 2.32. The summed E-state index contributed by atoms with van der Waals surface area (Å²) in [6.07, 6.45) is 0. The molecule has 0 spiro atoms. The van der Waals surface area contributed by atoms with Crippen molar-refractivity contribution in [3.63, 3.8) is 0 Å². The van der Waals surface area contributed by atoms with E-state index in [1.54, 1.807) is 37.4 Å². The van der Waals surface area contributed by atoms with Crippen LogP contribution >= 0.6 is 0 Å². The Hall–Kier alpha value is -4.15. The predicted molar refractivity (Wildman–Crippen MR) is 123 cm³/mol. The van der Waals surface area contributed by atoms with Crippen molar-refractivity contribution < 1.29 is 22.7 Å². The number of nitrogens with one attached hydrogen (secondary N) is 2. The molecule has 0 unspecified atom stereocenters. The van der Waals surface area contributed by atoms with Crippen molar-refractivity contribution in [1.29, 1.82) is 0 Å². The minimum Gasteiger partial charge on any atom is -0.497 e. The number of hydrogen-bond donors (Lipinski definition) is 3. The van der Waals surface area contributed by atoms with E-state index in [9.17, 15) is 13.2 Å². The quantitative estimate of drug-likeness (QED) is 0.381. The summed E-state index contributed by atoms with van der Waals surface area (Å²) in [6, 6.07) is 21.5. The van der Waals surface area contributed by atoms with Gasteiger partial charge < -0.3 is 14.8 Å². The predicted octanol–water partition coefficient (Wildman–Crippen LogP) is 3.78. The van der Waals surface area contributed by atoms with Gasteiger partial charge in [0.05, 0.1) is 17.7 Å². The molecule has 0 fully saturated rings. The van der Waals surface area contributed by atoms with Crippen LogP contribution in [-0.2, 0) is 10.0 Å². The van der Waals surface area contributed by atoms with Crippen molar-refractivity contribution in [3.8, 4) is 28.5 Å². The summed E-state index contributed by atoms with van der Waals surface area (Å²) in [4.78, 5) is 12.6. The fraction of sp³-hybridized carbons (Fsp3) is 0.0435. The number of rotatable bonds is 7. The molecule has 4 N–H and O–H groups in total. The zero-order valence-corrected chi connectivity index (χ0v) is 18.3. The lowest BCUT2D eigenvalue weighted by Crippen LogP contribution is -2.12. The summed E-state index contributed by atoms with van der Waals surface area (Å²) in [5, 5.41) is 14.8. The van der Waals surface area contributed by atoms with Crippen molar-refractivity contribution in [2.45, 2.75) is 4.90 Å². The second-order valence-electron chi connectivity index (χ2n) is 7.00. The van der Waals surface area contributed by atoms with E-state index in [1.807, 2.05) is 24.3 Å². The van der Waals surface area contributed by atoms with Gasteiger partial charge in [-0.3, -0.25) is 9.89 Å². The summed E-state index contributed by atoms with van der Waals surface area (Å²) < 4.78 is 33.5. The Morgan fingerprint density at radius 3 is 2.24 bits per heavy atom. The highest BCUT2D eigenvalue weighted by Gasteiger charge is 2.12. The molecule has 0 saturated carbocycles.